The number of nitrogens with one attached hydrogen (secondary N) is 2. The van der Waals surface area contributed by atoms with Crippen LogP contribution in [0.1, 0.15) is 58.8 Å². The molecule has 6 heteroatoms. The van der Waals surface area contributed by atoms with Gasteiger partial charge in [0.25, 0.3) is 0 Å². The Bertz CT molecular complexity index is 315. The summed E-state index contributed by atoms with van der Waals surface area (Å²) < 4.78 is 0. The number of carbonyl (C=O) groups excluding carboxylic acids is 2. The normalized spacial score (nSPS) is 16.9. The van der Waals surface area contributed by atoms with E-state index in [1.54, 1.807) is 0 Å². The van der Waals surface area contributed by atoms with E-state index in [0.29, 0.717) is 31.8 Å². The van der Waals surface area contributed by atoms with E-state index in [1.165, 1.54) is 6.42 Å². The molecule has 1 unspecified atom stereocenters. The SMILES string of the molecule is CCCN(CCC)C(=O)CCCC(=O)NCC1CCCN1.Cl. The largest absolute Gasteiger partial charge is 0.355 e. The van der Waals surface area contributed by atoms with Gasteiger partial charge in [0.15, 0.2) is 0 Å². The van der Waals surface area contributed by atoms with Crippen molar-refractivity contribution in [1.82, 2.24) is 15.5 Å². The smallest absolute Gasteiger partial charge is 0.222 e. The van der Waals surface area contributed by atoms with Gasteiger partial charge >= 0.3 is 0 Å². The molecule has 1 atom stereocenters. The minimum atomic E-state index is 0. The molecule has 0 radical (unpaired) electrons. The second-order valence-corrected chi connectivity index (χ2v) is 5.83. The van der Waals surface area contributed by atoms with Crippen molar-refractivity contribution in [2.45, 2.75) is 64.8 Å². The zero-order valence-corrected chi connectivity index (χ0v) is 14.8. The maximum absolute atomic E-state index is 12.1. The maximum atomic E-state index is 12.1. The van der Waals surface area contributed by atoms with Gasteiger partial charge in [-0.15, -0.1) is 12.4 Å². The van der Waals surface area contributed by atoms with Crippen LogP contribution in [0.4, 0.5) is 0 Å². The van der Waals surface area contributed by atoms with Crippen LogP contribution < -0.4 is 10.6 Å². The second-order valence-electron chi connectivity index (χ2n) is 5.83. The number of hydrogen-bond donors (Lipinski definition) is 2. The third kappa shape index (κ3) is 8.59. The van der Waals surface area contributed by atoms with Crippen molar-refractivity contribution in [3.63, 3.8) is 0 Å². The lowest BCUT2D eigenvalue weighted by Gasteiger charge is -2.21. The Morgan fingerprint density at radius 1 is 1.18 bits per heavy atom. The van der Waals surface area contributed by atoms with E-state index in [-0.39, 0.29) is 24.2 Å². The van der Waals surface area contributed by atoms with Gasteiger partial charge in [-0.1, -0.05) is 13.8 Å². The molecule has 0 saturated carbocycles. The average molecular weight is 334 g/mol. The number of halogens is 1. The van der Waals surface area contributed by atoms with Crippen molar-refractivity contribution in [3.8, 4) is 0 Å². The molecule has 130 valence electrons. The summed E-state index contributed by atoms with van der Waals surface area (Å²) in [5.74, 6) is 0.248. The average Bonchev–Trinajstić information content (AvgIpc) is 2.98. The van der Waals surface area contributed by atoms with E-state index in [4.69, 9.17) is 0 Å². The fourth-order valence-corrected chi connectivity index (χ4v) is 2.72. The van der Waals surface area contributed by atoms with E-state index in [1.807, 2.05) is 4.90 Å². The first kappa shape index (κ1) is 21.2. The monoisotopic (exact) mass is 333 g/mol. The lowest BCUT2D eigenvalue weighted by molar-refractivity contribution is -0.131. The van der Waals surface area contributed by atoms with Crippen LogP contribution in [0.15, 0.2) is 0 Å². The molecule has 0 bridgehead atoms. The van der Waals surface area contributed by atoms with E-state index in [9.17, 15) is 9.59 Å². The van der Waals surface area contributed by atoms with Crippen LogP contribution in [0.25, 0.3) is 0 Å². The van der Waals surface area contributed by atoms with Crippen LogP contribution in [0, 0.1) is 0 Å². The van der Waals surface area contributed by atoms with Gasteiger partial charge in [0.05, 0.1) is 0 Å². The van der Waals surface area contributed by atoms with E-state index in [0.717, 1.165) is 38.9 Å². The molecule has 0 aromatic rings. The first-order valence-corrected chi connectivity index (χ1v) is 8.45. The van der Waals surface area contributed by atoms with Gasteiger partial charge < -0.3 is 15.5 Å². The molecular weight excluding hydrogens is 302 g/mol. The fraction of sp³-hybridized carbons (Fsp3) is 0.875. The van der Waals surface area contributed by atoms with Crippen LogP contribution in [-0.2, 0) is 9.59 Å². The third-order valence-electron chi connectivity index (χ3n) is 3.84. The van der Waals surface area contributed by atoms with Gasteiger partial charge in [0.2, 0.25) is 11.8 Å². The van der Waals surface area contributed by atoms with Crippen molar-refractivity contribution in [2.75, 3.05) is 26.2 Å². The molecule has 1 fully saturated rings. The molecule has 1 rings (SSSR count). The third-order valence-corrected chi connectivity index (χ3v) is 3.84. The summed E-state index contributed by atoms with van der Waals surface area (Å²) in [5.41, 5.74) is 0. The Hall–Kier alpha value is -0.810. The van der Waals surface area contributed by atoms with Crippen LogP contribution in [0.5, 0.6) is 0 Å². The summed E-state index contributed by atoms with van der Waals surface area (Å²) in [6.07, 6.45) is 5.88. The Morgan fingerprint density at radius 3 is 2.41 bits per heavy atom. The summed E-state index contributed by atoms with van der Waals surface area (Å²) in [7, 11) is 0. The molecule has 2 amide bonds. The molecule has 1 saturated heterocycles. The quantitative estimate of drug-likeness (QED) is 0.643. The Labute approximate surface area is 141 Å². The van der Waals surface area contributed by atoms with Crippen LogP contribution >= 0.6 is 12.4 Å². The minimum Gasteiger partial charge on any atom is -0.355 e. The predicted molar refractivity (Wildman–Crippen MR) is 92.3 cm³/mol. The highest BCUT2D eigenvalue weighted by molar-refractivity contribution is 5.85. The Morgan fingerprint density at radius 2 is 1.86 bits per heavy atom. The first-order chi connectivity index (χ1) is 10.2. The molecule has 1 aliphatic heterocycles. The van der Waals surface area contributed by atoms with Gasteiger partial charge in [-0.25, -0.2) is 0 Å². The molecule has 22 heavy (non-hydrogen) atoms. The number of hydrogen-bond acceptors (Lipinski definition) is 3. The van der Waals surface area contributed by atoms with Crippen LogP contribution in [0.2, 0.25) is 0 Å². The topological polar surface area (TPSA) is 61.4 Å². The zero-order chi connectivity index (χ0) is 15.5. The highest BCUT2D eigenvalue weighted by Crippen LogP contribution is 2.05. The van der Waals surface area contributed by atoms with Gasteiger partial charge in [-0.05, 0) is 38.6 Å². The Balaban J connectivity index is 0.00000441. The van der Waals surface area contributed by atoms with Gasteiger partial charge in [-0.3, -0.25) is 9.59 Å². The minimum absolute atomic E-state index is 0. The summed E-state index contributed by atoms with van der Waals surface area (Å²) in [6.45, 7) is 7.59. The second kappa shape index (κ2) is 12.7. The van der Waals surface area contributed by atoms with Crippen LogP contribution in [-0.4, -0.2) is 48.9 Å². The van der Waals surface area contributed by atoms with E-state index < -0.39 is 0 Å². The molecule has 0 aromatic heterocycles. The molecule has 5 nitrogen and oxygen atoms in total. The summed E-state index contributed by atoms with van der Waals surface area (Å²) >= 11 is 0. The first-order valence-electron chi connectivity index (χ1n) is 8.45. The van der Waals surface area contributed by atoms with E-state index >= 15 is 0 Å². The van der Waals surface area contributed by atoms with Crippen molar-refractivity contribution in [3.05, 3.63) is 0 Å². The summed E-state index contributed by atoms with van der Waals surface area (Å²) in [6, 6.07) is 0.431. The predicted octanol–water partition coefficient (Wildman–Crippen LogP) is 2.10. The lowest BCUT2D eigenvalue weighted by Crippen LogP contribution is -2.37. The lowest BCUT2D eigenvalue weighted by atomic mass is 10.2. The zero-order valence-electron chi connectivity index (χ0n) is 14.0. The van der Waals surface area contributed by atoms with E-state index in [2.05, 4.69) is 24.5 Å². The van der Waals surface area contributed by atoms with Gasteiger partial charge in [0.1, 0.15) is 0 Å². The van der Waals surface area contributed by atoms with Gasteiger partial charge in [-0.2, -0.15) is 0 Å². The van der Waals surface area contributed by atoms with Crippen molar-refractivity contribution in [1.29, 1.82) is 0 Å². The number of carbonyl (C=O) groups is 2. The fourth-order valence-electron chi connectivity index (χ4n) is 2.72. The number of nitrogens with zero attached hydrogens (tertiary/aromatic N) is 1. The van der Waals surface area contributed by atoms with Gasteiger partial charge in [0, 0.05) is 38.5 Å². The van der Waals surface area contributed by atoms with Crippen molar-refractivity contribution in [2.24, 2.45) is 0 Å². The van der Waals surface area contributed by atoms with Crippen molar-refractivity contribution < 1.29 is 9.59 Å². The molecule has 1 aliphatic rings. The molecular formula is C16H32ClN3O2. The number of amides is 2. The maximum Gasteiger partial charge on any atom is 0.222 e. The molecule has 1 heterocycles. The Kier molecular flexibility index (Phi) is 12.2. The number of rotatable bonds is 10. The highest BCUT2D eigenvalue weighted by Gasteiger charge is 2.15. The summed E-state index contributed by atoms with van der Waals surface area (Å²) in [5, 5.41) is 6.31. The van der Waals surface area contributed by atoms with Crippen LogP contribution in [0.3, 0.4) is 0 Å². The molecule has 0 aliphatic carbocycles. The standard InChI is InChI=1S/C16H31N3O2.ClH/c1-3-11-19(12-4-2)16(21)9-5-8-15(20)18-13-14-7-6-10-17-14;/h14,17H,3-13H2,1-2H3,(H,18,20);1H. The molecule has 0 aromatic carbocycles. The highest BCUT2D eigenvalue weighted by atomic mass is 35.5. The molecule has 0 spiro atoms. The van der Waals surface area contributed by atoms with Crippen molar-refractivity contribution >= 4 is 24.2 Å². The molecule has 2 N–H and O–H groups in total. The summed E-state index contributed by atoms with van der Waals surface area (Å²) in [4.78, 5) is 25.7.